The number of nitrogens with two attached hydrogens (primary N) is 1. The van der Waals surface area contributed by atoms with Crippen molar-refractivity contribution in [2.75, 3.05) is 13.1 Å². The van der Waals surface area contributed by atoms with E-state index in [1.807, 2.05) is 5.32 Å². The van der Waals surface area contributed by atoms with Crippen LogP contribution in [-0.2, 0) is 20.8 Å². The molecule has 0 bridgehead atoms. The van der Waals surface area contributed by atoms with E-state index in [4.69, 9.17) is 5.73 Å². The van der Waals surface area contributed by atoms with Gasteiger partial charge in [0.2, 0.25) is 17.7 Å². The number of amides is 3. The van der Waals surface area contributed by atoms with Gasteiger partial charge in [-0.1, -0.05) is 12.1 Å². The maximum Gasteiger partial charge on any atom is 0.411 e. The zero-order chi connectivity index (χ0) is 22.9. The first-order valence-electron chi connectivity index (χ1n) is 9.95. The highest BCUT2D eigenvalue weighted by Crippen LogP contribution is 2.51. The Balaban J connectivity index is 1.64. The van der Waals surface area contributed by atoms with Crippen LogP contribution in [0.4, 0.5) is 17.6 Å². The molecule has 1 aromatic rings. The van der Waals surface area contributed by atoms with Crippen LogP contribution in [0.1, 0.15) is 31.2 Å². The van der Waals surface area contributed by atoms with Crippen molar-refractivity contribution in [1.29, 1.82) is 0 Å². The summed E-state index contributed by atoms with van der Waals surface area (Å²) in [4.78, 5) is 37.5. The van der Waals surface area contributed by atoms with Crippen LogP contribution in [0.5, 0.6) is 0 Å². The highest BCUT2D eigenvalue weighted by molar-refractivity contribution is 6.02. The van der Waals surface area contributed by atoms with Gasteiger partial charge in [-0.2, -0.15) is 13.2 Å². The third-order valence-electron chi connectivity index (χ3n) is 5.68. The molecule has 3 rings (SSSR count). The fourth-order valence-corrected chi connectivity index (χ4v) is 3.52. The summed E-state index contributed by atoms with van der Waals surface area (Å²) in [5.41, 5.74) is 2.20. The summed E-state index contributed by atoms with van der Waals surface area (Å²) < 4.78 is 52.4. The number of nitrogens with one attached hydrogen (secondary N) is 3. The minimum absolute atomic E-state index is 0.0433. The Morgan fingerprint density at radius 1 is 1.10 bits per heavy atom. The number of rotatable bonds is 9. The predicted octanol–water partition coefficient (Wildman–Crippen LogP) is 0.919. The quantitative estimate of drug-likeness (QED) is 0.424. The number of carbonyl (C=O) groups is 3. The second kappa shape index (κ2) is 8.45. The molecular weight excluding hydrogens is 420 g/mol. The lowest BCUT2D eigenvalue weighted by molar-refractivity contribution is -0.170. The molecule has 7 nitrogen and oxygen atoms in total. The van der Waals surface area contributed by atoms with Crippen LogP contribution in [0.3, 0.4) is 0 Å². The van der Waals surface area contributed by atoms with Gasteiger partial charge in [-0.25, -0.2) is 4.39 Å². The maximum atomic E-state index is 13.2. The van der Waals surface area contributed by atoms with Crippen molar-refractivity contribution in [2.24, 2.45) is 11.7 Å². The van der Waals surface area contributed by atoms with E-state index < -0.39 is 46.7 Å². The van der Waals surface area contributed by atoms with Gasteiger partial charge in [-0.05, 0) is 43.4 Å². The molecule has 0 saturated heterocycles. The van der Waals surface area contributed by atoms with E-state index in [9.17, 15) is 31.9 Å². The van der Waals surface area contributed by atoms with Crippen LogP contribution < -0.4 is 21.7 Å². The molecule has 3 amide bonds. The largest absolute Gasteiger partial charge is 0.411 e. The number of benzene rings is 1. The minimum Gasteiger partial charge on any atom is -0.353 e. The average molecular weight is 444 g/mol. The highest BCUT2D eigenvalue weighted by atomic mass is 19.4. The Morgan fingerprint density at radius 3 is 2.29 bits per heavy atom. The molecule has 0 aliphatic heterocycles. The van der Waals surface area contributed by atoms with Crippen molar-refractivity contribution < 1.29 is 31.9 Å². The third-order valence-corrected chi connectivity index (χ3v) is 5.68. The van der Waals surface area contributed by atoms with Crippen LogP contribution in [0.25, 0.3) is 0 Å². The van der Waals surface area contributed by atoms with Crippen LogP contribution in [-0.4, -0.2) is 48.1 Å². The van der Waals surface area contributed by atoms with E-state index in [1.165, 1.54) is 24.3 Å². The van der Waals surface area contributed by atoms with Crippen LogP contribution in [0.2, 0.25) is 0 Å². The van der Waals surface area contributed by atoms with Gasteiger partial charge in [0, 0.05) is 19.5 Å². The first-order chi connectivity index (χ1) is 14.5. The predicted molar refractivity (Wildman–Crippen MR) is 102 cm³/mol. The molecule has 11 heteroatoms. The molecule has 31 heavy (non-hydrogen) atoms. The number of hydrogen-bond acceptors (Lipinski definition) is 4. The van der Waals surface area contributed by atoms with Crippen molar-refractivity contribution in [3.8, 4) is 0 Å². The van der Waals surface area contributed by atoms with E-state index in [-0.39, 0.29) is 45.2 Å². The molecule has 5 N–H and O–H groups in total. The minimum atomic E-state index is -4.58. The molecule has 1 aromatic carbocycles. The summed E-state index contributed by atoms with van der Waals surface area (Å²) in [5.74, 6) is -3.65. The van der Waals surface area contributed by atoms with Gasteiger partial charge in [0.05, 0.1) is 5.92 Å². The lowest BCUT2D eigenvalue weighted by atomic mass is 10.1. The van der Waals surface area contributed by atoms with Crippen LogP contribution >= 0.6 is 0 Å². The van der Waals surface area contributed by atoms with Crippen molar-refractivity contribution in [3.63, 3.8) is 0 Å². The fourth-order valence-electron chi connectivity index (χ4n) is 3.52. The first kappa shape index (κ1) is 23.0. The molecule has 0 aromatic heterocycles. The van der Waals surface area contributed by atoms with E-state index >= 15 is 0 Å². The van der Waals surface area contributed by atoms with Crippen molar-refractivity contribution in [2.45, 2.75) is 49.4 Å². The maximum absolute atomic E-state index is 13.2. The van der Waals surface area contributed by atoms with Gasteiger partial charge < -0.3 is 21.7 Å². The summed E-state index contributed by atoms with van der Waals surface area (Å²) in [6, 6.07) is 5.55. The summed E-state index contributed by atoms with van der Waals surface area (Å²) in [5, 5.41) is 7.03. The zero-order valence-corrected chi connectivity index (χ0v) is 16.7. The highest BCUT2D eigenvalue weighted by Gasteiger charge is 2.69. The zero-order valence-electron chi connectivity index (χ0n) is 16.7. The summed E-state index contributed by atoms with van der Waals surface area (Å²) in [7, 11) is 0. The molecule has 2 fully saturated rings. The molecule has 0 spiro atoms. The summed E-state index contributed by atoms with van der Waals surface area (Å²) >= 11 is 0. The molecule has 2 aliphatic rings. The Hall–Kier alpha value is -2.69. The van der Waals surface area contributed by atoms with Crippen LogP contribution in [0, 0.1) is 11.7 Å². The second-order valence-electron chi connectivity index (χ2n) is 8.02. The Labute approximate surface area is 176 Å². The number of halogens is 4. The van der Waals surface area contributed by atoms with Gasteiger partial charge in [0.15, 0.2) is 0 Å². The van der Waals surface area contributed by atoms with E-state index in [0.29, 0.717) is 5.56 Å². The van der Waals surface area contributed by atoms with E-state index in [0.717, 1.165) is 0 Å². The molecule has 2 saturated carbocycles. The fraction of sp³-hybridized carbons (Fsp3) is 0.550. The molecule has 0 heterocycles. The average Bonchev–Trinajstić information content (AvgIpc) is 3.61. The van der Waals surface area contributed by atoms with Crippen molar-refractivity contribution in [1.82, 2.24) is 16.0 Å². The topological polar surface area (TPSA) is 113 Å². The smallest absolute Gasteiger partial charge is 0.353 e. The van der Waals surface area contributed by atoms with E-state index in [2.05, 4.69) is 10.6 Å². The normalized spacial score (nSPS) is 23.6. The van der Waals surface area contributed by atoms with Gasteiger partial charge >= 0.3 is 6.18 Å². The third kappa shape index (κ3) is 4.97. The number of carbonyl (C=O) groups excluding carboxylic acids is 3. The van der Waals surface area contributed by atoms with Gasteiger partial charge in [0.25, 0.3) is 0 Å². The van der Waals surface area contributed by atoms with Gasteiger partial charge in [-0.15, -0.1) is 0 Å². The molecular formula is C20H24F4N4O3. The monoisotopic (exact) mass is 444 g/mol. The Morgan fingerprint density at radius 2 is 1.74 bits per heavy atom. The van der Waals surface area contributed by atoms with Gasteiger partial charge in [0.1, 0.15) is 16.9 Å². The molecule has 0 radical (unpaired) electrons. The molecule has 2 aliphatic carbocycles. The Kier molecular flexibility index (Phi) is 6.26. The summed E-state index contributed by atoms with van der Waals surface area (Å²) in [6.45, 7) is 0.210. The summed E-state index contributed by atoms with van der Waals surface area (Å²) in [6.07, 6.45) is -4.90. The number of alkyl halides is 3. The number of hydrogen-bond donors (Lipinski definition) is 4. The number of aryl methyl sites for hydroxylation is 1. The lowest BCUT2D eigenvalue weighted by Gasteiger charge is -2.23. The second-order valence-corrected chi connectivity index (χ2v) is 8.02. The van der Waals surface area contributed by atoms with Crippen molar-refractivity contribution in [3.05, 3.63) is 35.6 Å². The molecule has 2 unspecified atom stereocenters. The SMILES string of the molecule is NCCNC(=O)C1(NC(=O)CCc2ccc(F)cc2)CC1C(=O)NC1(C(F)(F)F)CC1. The van der Waals surface area contributed by atoms with Gasteiger partial charge in [-0.3, -0.25) is 14.4 Å². The standard InChI is InChI=1S/C20H24F4N4O3/c21-13-4-1-12(2-5-13)3-6-15(29)27-19(17(31)26-10-9-25)11-14(19)16(30)28-18(7-8-18)20(22,23)24/h1-2,4-5,14H,3,6-11,25H2,(H,26,31)(H,27,29)(H,28,30). The van der Waals surface area contributed by atoms with Crippen LogP contribution in [0.15, 0.2) is 24.3 Å². The lowest BCUT2D eigenvalue weighted by Crippen LogP contribution is -2.55. The first-order valence-corrected chi connectivity index (χ1v) is 9.95. The molecule has 170 valence electrons. The van der Waals surface area contributed by atoms with E-state index in [1.54, 1.807) is 0 Å². The van der Waals surface area contributed by atoms with Crippen molar-refractivity contribution >= 4 is 17.7 Å². The Bertz CT molecular complexity index is 855. The molecule has 2 atom stereocenters.